The fourth-order valence-electron chi connectivity index (χ4n) is 4.12. The van der Waals surface area contributed by atoms with E-state index >= 15 is 0 Å². The van der Waals surface area contributed by atoms with Gasteiger partial charge < -0.3 is 5.11 Å². The van der Waals surface area contributed by atoms with Crippen LogP contribution in [0.5, 0.6) is 0 Å². The standard InChI is InChI=1S/C20H31N3OS/c1-4-17-10-16(19-11-18(5-2)25-20(19)7-9-24)6-8-23(17)14-15-12-21-22(3)13-15/h11-13,16-17,24H,4-10,14H2,1-3H3. The van der Waals surface area contributed by atoms with Crippen molar-refractivity contribution in [1.82, 2.24) is 14.7 Å². The van der Waals surface area contributed by atoms with Crippen molar-refractivity contribution in [1.29, 1.82) is 0 Å². The van der Waals surface area contributed by atoms with Crippen LogP contribution < -0.4 is 0 Å². The first-order valence-corrected chi connectivity index (χ1v) is 10.4. The molecule has 0 radical (unpaired) electrons. The van der Waals surface area contributed by atoms with Crippen LogP contribution in [0.25, 0.3) is 0 Å². The number of piperidine rings is 1. The Bertz CT molecular complexity index is 678. The van der Waals surface area contributed by atoms with Gasteiger partial charge in [0.1, 0.15) is 0 Å². The first kappa shape index (κ1) is 18.6. The summed E-state index contributed by atoms with van der Waals surface area (Å²) in [4.78, 5) is 5.51. The van der Waals surface area contributed by atoms with Gasteiger partial charge >= 0.3 is 0 Å². The highest BCUT2D eigenvalue weighted by Gasteiger charge is 2.30. The number of hydrogen-bond acceptors (Lipinski definition) is 4. The van der Waals surface area contributed by atoms with Gasteiger partial charge in [0.15, 0.2) is 0 Å². The second-order valence-electron chi connectivity index (χ2n) is 7.19. The fraction of sp³-hybridized carbons (Fsp3) is 0.650. The SMILES string of the molecule is CCc1cc(C2CCN(Cc3cnn(C)c3)C(CC)C2)c(CCO)s1. The van der Waals surface area contributed by atoms with E-state index in [1.54, 1.807) is 0 Å². The number of nitrogens with zero attached hydrogens (tertiary/aromatic N) is 3. The van der Waals surface area contributed by atoms with E-state index in [4.69, 9.17) is 0 Å². The number of aromatic nitrogens is 2. The summed E-state index contributed by atoms with van der Waals surface area (Å²) in [6.07, 6.45) is 9.67. The summed E-state index contributed by atoms with van der Waals surface area (Å²) in [5, 5.41) is 13.7. The van der Waals surface area contributed by atoms with Crippen LogP contribution in [0.15, 0.2) is 18.5 Å². The highest BCUT2D eigenvalue weighted by Crippen LogP contribution is 2.38. The Kier molecular flexibility index (Phi) is 6.31. The monoisotopic (exact) mass is 361 g/mol. The molecule has 2 aromatic heterocycles. The second-order valence-corrected chi connectivity index (χ2v) is 8.42. The Morgan fingerprint density at radius 2 is 2.20 bits per heavy atom. The number of thiophene rings is 1. The van der Waals surface area contributed by atoms with Gasteiger partial charge in [0.2, 0.25) is 0 Å². The van der Waals surface area contributed by atoms with Crippen LogP contribution >= 0.6 is 11.3 Å². The number of hydrogen-bond donors (Lipinski definition) is 1. The molecular formula is C20H31N3OS. The summed E-state index contributed by atoms with van der Waals surface area (Å²) in [6.45, 7) is 6.95. The Morgan fingerprint density at radius 1 is 1.36 bits per heavy atom. The van der Waals surface area contributed by atoms with E-state index in [2.05, 4.69) is 36.1 Å². The van der Waals surface area contributed by atoms with Gasteiger partial charge in [-0.15, -0.1) is 11.3 Å². The van der Waals surface area contributed by atoms with Crippen molar-refractivity contribution in [3.63, 3.8) is 0 Å². The van der Waals surface area contributed by atoms with E-state index < -0.39 is 0 Å². The summed E-state index contributed by atoms with van der Waals surface area (Å²) >= 11 is 1.91. The van der Waals surface area contributed by atoms with E-state index in [0.717, 1.165) is 25.9 Å². The highest BCUT2D eigenvalue weighted by atomic mass is 32.1. The van der Waals surface area contributed by atoms with Crippen LogP contribution in [-0.4, -0.2) is 39.0 Å². The maximum absolute atomic E-state index is 9.42. The van der Waals surface area contributed by atoms with Gasteiger partial charge in [-0.2, -0.15) is 5.10 Å². The number of aliphatic hydroxyl groups excluding tert-OH is 1. The normalized spacial score (nSPS) is 21.8. The molecule has 0 amide bonds. The minimum absolute atomic E-state index is 0.258. The van der Waals surface area contributed by atoms with Crippen molar-refractivity contribution in [2.24, 2.45) is 7.05 Å². The molecule has 2 atom stereocenters. The molecule has 3 heterocycles. The molecular weight excluding hydrogens is 330 g/mol. The third-order valence-electron chi connectivity index (χ3n) is 5.47. The largest absolute Gasteiger partial charge is 0.396 e. The van der Waals surface area contributed by atoms with Gasteiger partial charge in [0.05, 0.1) is 6.20 Å². The molecule has 5 heteroatoms. The molecule has 2 aromatic rings. The van der Waals surface area contributed by atoms with Crippen LogP contribution in [-0.2, 0) is 26.4 Å². The molecule has 3 rings (SSSR count). The molecule has 0 aromatic carbocycles. The zero-order valence-electron chi connectivity index (χ0n) is 15.7. The summed E-state index contributed by atoms with van der Waals surface area (Å²) < 4.78 is 1.89. The van der Waals surface area contributed by atoms with E-state index in [0.29, 0.717) is 12.0 Å². The lowest BCUT2D eigenvalue weighted by molar-refractivity contribution is 0.123. The molecule has 1 N–H and O–H groups in total. The van der Waals surface area contributed by atoms with E-state index in [1.807, 2.05) is 29.3 Å². The fourth-order valence-corrected chi connectivity index (χ4v) is 5.30. The minimum Gasteiger partial charge on any atom is -0.396 e. The van der Waals surface area contributed by atoms with Crippen molar-refractivity contribution in [2.75, 3.05) is 13.2 Å². The summed E-state index contributed by atoms with van der Waals surface area (Å²) in [6, 6.07) is 3.05. The molecule has 138 valence electrons. The van der Waals surface area contributed by atoms with Gasteiger partial charge in [-0.05, 0) is 49.8 Å². The molecule has 1 aliphatic heterocycles. The smallest absolute Gasteiger partial charge is 0.0534 e. The topological polar surface area (TPSA) is 41.3 Å². The molecule has 0 saturated carbocycles. The number of aryl methyl sites for hydroxylation is 2. The van der Waals surface area contributed by atoms with Crippen molar-refractivity contribution in [3.8, 4) is 0 Å². The predicted molar refractivity (Wildman–Crippen MR) is 104 cm³/mol. The lowest BCUT2D eigenvalue weighted by atomic mass is 9.84. The Balaban J connectivity index is 1.71. The molecule has 1 fully saturated rings. The van der Waals surface area contributed by atoms with E-state index in [9.17, 15) is 5.11 Å². The second kappa shape index (κ2) is 8.47. The van der Waals surface area contributed by atoms with Crippen LogP contribution in [0.4, 0.5) is 0 Å². The lowest BCUT2D eigenvalue weighted by Crippen LogP contribution is -2.41. The van der Waals surface area contributed by atoms with Crippen molar-refractivity contribution < 1.29 is 5.11 Å². The van der Waals surface area contributed by atoms with Crippen LogP contribution in [0.3, 0.4) is 0 Å². The van der Waals surface area contributed by atoms with Crippen molar-refractivity contribution in [3.05, 3.63) is 39.3 Å². The van der Waals surface area contributed by atoms with Crippen molar-refractivity contribution >= 4 is 11.3 Å². The van der Waals surface area contributed by atoms with E-state index in [-0.39, 0.29) is 6.61 Å². The first-order valence-electron chi connectivity index (χ1n) is 9.58. The Hall–Kier alpha value is -1.17. The summed E-state index contributed by atoms with van der Waals surface area (Å²) in [5.41, 5.74) is 2.83. The van der Waals surface area contributed by atoms with Gasteiger partial charge in [0, 0.05) is 54.2 Å². The van der Waals surface area contributed by atoms with Gasteiger partial charge in [-0.25, -0.2) is 0 Å². The maximum Gasteiger partial charge on any atom is 0.0534 e. The van der Waals surface area contributed by atoms with Crippen LogP contribution in [0.2, 0.25) is 0 Å². The first-order chi connectivity index (χ1) is 12.1. The Morgan fingerprint density at radius 3 is 2.84 bits per heavy atom. The zero-order chi connectivity index (χ0) is 17.8. The summed E-state index contributed by atoms with van der Waals surface area (Å²) in [5.74, 6) is 0.646. The lowest BCUT2D eigenvalue weighted by Gasteiger charge is -2.39. The zero-order valence-corrected chi connectivity index (χ0v) is 16.6. The molecule has 25 heavy (non-hydrogen) atoms. The molecule has 2 unspecified atom stereocenters. The number of aliphatic hydroxyl groups is 1. The molecule has 1 saturated heterocycles. The van der Waals surface area contributed by atoms with Crippen LogP contribution in [0.1, 0.15) is 59.9 Å². The van der Waals surface area contributed by atoms with Crippen molar-refractivity contribution in [2.45, 2.75) is 64.5 Å². The molecule has 4 nitrogen and oxygen atoms in total. The predicted octanol–water partition coefficient (Wildman–Crippen LogP) is 3.74. The highest BCUT2D eigenvalue weighted by molar-refractivity contribution is 7.12. The molecule has 0 spiro atoms. The van der Waals surface area contributed by atoms with Gasteiger partial charge in [0.25, 0.3) is 0 Å². The third kappa shape index (κ3) is 4.33. The Labute approximate surface area is 155 Å². The average Bonchev–Trinajstić information content (AvgIpc) is 3.21. The van der Waals surface area contributed by atoms with E-state index in [1.165, 1.54) is 40.1 Å². The number of rotatable bonds is 7. The summed E-state index contributed by atoms with van der Waals surface area (Å²) in [7, 11) is 1.98. The quantitative estimate of drug-likeness (QED) is 0.817. The molecule has 1 aliphatic rings. The average molecular weight is 362 g/mol. The third-order valence-corrected chi connectivity index (χ3v) is 6.83. The van der Waals surface area contributed by atoms with Gasteiger partial charge in [-0.3, -0.25) is 9.58 Å². The van der Waals surface area contributed by atoms with Crippen LogP contribution in [0, 0.1) is 0 Å². The van der Waals surface area contributed by atoms with Gasteiger partial charge in [-0.1, -0.05) is 13.8 Å². The minimum atomic E-state index is 0.258. The maximum atomic E-state index is 9.42. The molecule has 0 bridgehead atoms. The molecule has 0 aliphatic carbocycles. The number of likely N-dealkylation sites (tertiary alicyclic amines) is 1.